The summed E-state index contributed by atoms with van der Waals surface area (Å²) in [6.07, 6.45) is 6.27. The van der Waals surface area contributed by atoms with Crippen LogP contribution in [0.5, 0.6) is 0 Å². The third-order valence-corrected chi connectivity index (χ3v) is 5.74. The number of aryl methyl sites for hydroxylation is 1. The predicted molar refractivity (Wildman–Crippen MR) is 116 cm³/mol. The van der Waals surface area contributed by atoms with Crippen LogP contribution in [0.3, 0.4) is 0 Å². The van der Waals surface area contributed by atoms with Crippen molar-refractivity contribution < 1.29 is 19.8 Å². The van der Waals surface area contributed by atoms with Crippen LogP contribution in [-0.4, -0.2) is 32.1 Å². The van der Waals surface area contributed by atoms with Crippen LogP contribution < -0.4 is 0 Å². The molecule has 3 N–H and O–H groups in total. The van der Waals surface area contributed by atoms with Crippen molar-refractivity contribution in [3.63, 3.8) is 0 Å². The number of benzene rings is 1. The smallest absolute Gasteiger partial charge is 0.335 e. The SMILES string of the molecule is CCCCc1nc(C(C=CC(=O)O)c2cccs2)c(Cc2ccc(C(=O)O)cc2)[nH]1. The van der Waals surface area contributed by atoms with E-state index in [1.165, 1.54) is 0 Å². The molecule has 0 aliphatic carbocycles. The quantitative estimate of drug-likeness (QED) is 0.403. The van der Waals surface area contributed by atoms with Crippen LogP contribution in [0.4, 0.5) is 0 Å². The van der Waals surface area contributed by atoms with E-state index in [9.17, 15) is 9.59 Å². The van der Waals surface area contributed by atoms with Gasteiger partial charge in [-0.3, -0.25) is 0 Å². The molecule has 1 aromatic carbocycles. The minimum absolute atomic E-state index is 0.244. The summed E-state index contributed by atoms with van der Waals surface area (Å²) in [5, 5.41) is 20.2. The average molecular weight is 425 g/mol. The highest BCUT2D eigenvalue weighted by Crippen LogP contribution is 2.32. The van der Waals surface area contributed by atoms with Gasteiger partial charge in [0.2, 0.25) is 0 Å². The molecule has 0 amide bonds. The Hall–Kier alpha value is -3.19. The fourth-order valence-corrected chi connectivity index (χ4v) is 4.08. The summed E-state index contributed by atoms with van der Waals surface area (Å²) < 4.78 is 0. The van der Waals surface area contributed by atoms with Crippen LogP contribution in [0.1, 0.15) is 63.7 Å². The molecule has 0 fully saturated rings. The standard InChI is InChI=1S/C23H24N2O4S/c1-2-3-6-20-24-18(14-15-7-9-16(10-8-15)23(28)29)22(25-20)17(11-12-21(26)27)19-5-4-13-30-19/h4-5,7-13,17H,2-3,6,14H2,1H3,(H,24,25)(H,26,27)(H,28,29). The summed E-state index contributed by atoms with van der Waals surface area (Å²) in [5.41, 5.74) is 2.92. The number of thiophene rings is 1. The number of H-pyrrole nitrogens is 1. The van der Waals surface area contributed by atoms with Gasteiger partial charge < -0.3 is 15.2 Å². The van der Waals surface area contributed by atoms with Gasteiger partial charge in [0.25, 0.3) is 0 Å². The molecule has 7 heteroatoms. The van der Waals surface area contributed by atoms with Crippen molar-refractivity contribution in [1.29, 1.82) is 0 Å². The molecule has 2 heterocycles. The van der Waals surface area contributed by atoms with Crippen molar-refractivity contribution in [2.45, 2.75) is 38.5 Å². The number of nitrogens with one attached hydrogen (secondary N) is 1. The highest BCUT2D eigenvalue weighted by molar-refractivity contribution is 7.10. The molecule has 3 rings (SSSR count). The highest BCUT2D eigenvalue weighted by atomic mass is 32.1. The van der Waals surface area contributed by atoms with Crippen molar-refractivity contribution in [1.82, 2.24) is 9.97 Å². The summed E-state index contributed by atoms with van der Waals surface area (Å²) in [7, 11) is 0. The number of imidazole rings is 1. The summed E-state index contributed by atoms with van der Waals surface area (Å²) in [4.78, 5) is 31.5. The van der Waals surface area contributed by atoms with E-state index < -0.39 is 11.9 Å². The number of aliphatic carboxylic acids is 1. The zero-order chi connectivity index (χ0) is 21.5. The average Bonchev–Trinajstić information content (AvgIpc) is 3.38. The second-order valence-corrected chi connectivity index (χ2v) is 8.00. The van der Waals surface area contributed by atoms with Crippen molar-refractivity contribution in [2.24, 2.45) is 0 Å². The molecule has 0 aliphatic heterocycles. The molecule has 0 bridgehead atoms. The lowest BCUT2D eigenvalue weighted by Crippen LogP contribution is -2.03. The van der Waals surface area contributed by atoms with Gasteiger partial charge in [0.1, 0.15) is 5.82 Å². The van der Waals surface area contributed by atoms with Crippen LogP contribution >= 0.6 is 11.3 Å². The number of carboxylic acid groups (broad SMARTS) is 2. The van der Waals surface area contributed by atoms with Gasteiger partial charge in [-0.2, -0.15) is 0 Å². The van der Waals surface area contributed by atoms with Crippen LogP contribution in [0.15, 0.2) is 53.9 Å². The van der Waals surface area contributed by atoms with E-state index in [0.29, 0.717) is 6.42 Å². The number of allylic oxidation sites excluding steroid dienone is 1. The van der Waals surface area contributed by atoms with Crippen LogP contribution in [-0.2, 0) is 17.6 Å². The van der Waals surface area contributed by atoms with E-state index in [4.69, 9.17) is 15.2 Å². The van der Waals surface area contributed by atoms with Gasteiger partial charge in [-0.25, -0.2) is 14.6 Å². The largest absolute Gasteiger partial charge is 0.478 e. The van der Waals surface area contributed by atoms with Gasteiger partial charge in [-0.05, 0) is 35.6 Å². The number of rotatable bonds is 10. The first-order chi connectivity index (χ1) is 14.5. The van der Waals surface area contributed by atoms with Gasteiger partial charge in [0.05, 0.1) is 17.2 Å². The van der Waals surface area contributed by atoms with Gasteiger partial charge in [-0.15, -0.1) is 11.3 Å². The number of carbonyl (C=O) groups is 2. The maximum absolute atomic E-state index is 11.2. The molecule has 2 aromatic heterocycles. The Morgan fingerprint density at radius 2 is 1.97 bits per heavy atom. The highest BCUT2D eigenvalue weighted by Gasteiger charge is 2.21. The fourth-order valence-electron chi connectivity index (χ4n) is 3.27. The van der Waals surface area contributed by atoms with Crippen LogP contribution in [0.2, 0.25) is 0 Å². The number of hydrogen-bond donors (Lipinski definition) is 3. The normalized spacial score (nSPS) is 12.3. The van der Waals surface area contributed by atoms with Gasteiger partial charge in [-0.1, -0.05) is 37.6 Å². The lowest BCUT2D eigenvalue weighted by Gasteiger charge is -2.11. The Balaban J connectivity index is 1.99. The Morgan fingerprint density at radius 1 is 1.20 bits per heavy atom. The Kier molecular flexibility index (Phi) is 7.19. The Bertz CT molecular complexity index is 1020. The van der Waals surface area contributed by atoms with E-state index in [1.54, 1.807) is 41.7 Å². The fraction of sp³-hybridized carbons (Fsp3) is 0.261. The number of aromatic carboxylic acids is 1. The molecular formula is C23H24N2O4S. The lowest BCUT2D eigenvalue weighted by atomic mass is 9.97. The third kappa shape index (κ3) is 5.45. The number of aromatic amines is 1. The number of carboxylic acids is 2. The molecular weight excluding hydrogens is 400 g/mol. The van der Waals surface area contributed by atoms with Gasteiger partial charge in [0, 0.05) is 29.5 Å². The summed E-state index contributed by atoms with van der Waals surface area (Å²) in [6.45, 7) is 2.12. The first-order valence-corrected chi connectivity index (χ1v) is 10.7. The van der Waals surface area contributed by atoms with E-state index >= 15 is 0 Å². The first kappa shape index (κ1) is 21.5. The zero-order valence-electron chi connectivity index (χ0n) is 16.7. The number of hydrogen-bond acceptors (Lipinski definition) is 4. The summed E-state index contributed by atoms with van der Waals surface area (Å²) >= 11 is 1.56. The second-order valence-electron chi connectivity index (χ2n) is 7.02. The van der Waals surface area contributed by atoms with Crippen molar-refractivity contribution >= 4 is 23.3 Å². The van der Waals surface area contributed by atoms with Crippen molar-refractivity contribution in [2.75, 3.05) is 0 Å². The maximum Gasteiger partial charge on any atom is 0.335 e. The van der Waals surface area contributed by atoms with E-state index in [0.717, 1.165) is 53.0 Å². The van der Waals surface area contributed by atoms with E-state index in [2.05, 4.69) is 11.9 Å². The summed E-state index contributed by atoms with van der Waals surface area (Å²) in [5.74, 6) is -1.33. The molecule has 3 aromatic rings. The van der Waals surface area contributed by atoms with Crippen LogP contribution in [0.25, 0.3) is 0 Å². The molecule has 6 nitrogen and oxygen atoms in total. The van der Waals surface area contributed by atoms with E-state index in [1.807, 2.05) is 17.5 Å². The minimum atomic E-state index is -0.996. The molecule has 0 saturated carbocycles. The Morgan fingerprint density at radius 3 is 2.57 bits per heavy atom. The summed E-state index contributed by atoms with van der Waals surface area (Å²) in [6, 6.07) is 10.7. The van der Waals surface area contributed by atoms with Gasteiger partial charge in [0.15, 0.2) is 0 Å². The van der Waals surface area contributed by atoms with E-state index in [-0.39, 0.29) is 11.5 Å². The van der Waals surface area contributed by atoms with Gasteiger partial charge >= 0.3 is 11.9 Å². The van der Waals surface area contributed by atoms with Crippen molar-refractivity contribution in [3.05, 3.63) is 87.1 Å². The zero-order valence-corrected chi connectivity index (χ0v) is 17.5. The third-order valence-electron chi connectivity index (χ3n) is 4.78. The lowest BCUT2D eigenvalue weighted by molar-refractivity contribution is -0.131. The van der Waals surface area contributed by atoms with Crippen molar-refractivity contribution in [3.8, 4) is 0 Å². The molecule has 0 spiro atoms. The molecule has 156 valence electrons. The predicted octanol–water partition coefficient (Wildman–Crippen LogP) is 4.88. The van der Waals surface area contributed by atoms with Crippen LogP contribution in [0, 0.1) is 0 Å². The minimum Gasteiger partial charge on any atom is -0.478 e. The molecule has 0 saturated heterocycles. The molecule has 0 radical (unpaired) electrons. The maximum atomic E-state index is 11.2. The number of aromatic nitrogens is 2. The molecule has 1 atom stereocenters. The second kappa shape index (κ2) is 10.0. The number of nitrogens with zero attached hydrogens (tertiary/aromatic N) is 1. The molecule has 1 unspecified atom stereocenters. The first-order valence-electron chi connectivity index (χ1n) is 9.82. The molecule has 30 heavy (non-hydrogen) atoms. The monoisotopic (exact) mass is 424 g/mol. The molecule has 0 aliphatic rings. The Labute approximate surface area is 178 Å². The topological polar surface area (TPSA) is 103 Å². The number of unbranched alkanes of at least 4 members (excludes halogenated alkanes) is 1.